The van der Waals surface area contributed by atoms with Crippen molar-refractivity contribution >= 4 is 17.8 Å². The molecular formula is C30H28N2O5. The van der Waals surface area contributed by atoms with Crippen LogP contribution in [0.25, 0.3) is 11.1 Å². The second-order valence-corrected chi connectivity index (χ2v) is 9.64. The molecule has 1 saturated heterocycles. The summed E-state index contributed by atoms with van der Waals surface area (Å²) < 4.78 is 0. The van der Waals surface area contributed by atoms with Crippen molar-refractivity contribution in [1.29, 1.82) is 0 Å². The summed E-state index contributed by atoms with van der Waals surface area (Å²) in [5.74, 6) is -2.59. The predicted molar refractivity (Wildman–Crippen MR) is 139 cm³/mol. The minimum absolute atomic E-state index is 0.0514. The monoisotopic (exact) mass is 496 g/mol. The van der Waals surface area contributed by atoms with Gasteiger partial charge in [0.05, 0.1) is 5.54 Å². The van der Waals surface area contributed by atoms with Crippen molar-refractivity contribution in [3.05, 3.63) is 107 Å². The molecule has 2 heterocycles. The molecule has 0 unspecified atom stereocenters. The molecule has 0 aromatic heterocycles. The van der Waals surface area contributed by atoms with Crippen LogP contribution in [0.2, 0.25) is 0 Å². The zero-order valence-corrected chi connectivity index (χ0v) is 20.3. The van der Waals surface area contributed by atoms with E-state index in [0.717, 1.165) is 16.7 Å². The third kappa shape index (κ3) is 4.72. The molecule has 0 radical (unpaired) electrons. The van der Waals surface area contributed by atoms with Gasteiger partial charge >= 0.3 is 5.97 Å². The van der Waals surface area contributed by atoms with E-state index in [-0.39, 0.29) is 18.9 Å². The van der Waals surface area contributed by atoms with E-state index in [1.165, 1.54) is 0 Å². The van der Waals surface area contributed by atoms with Crippen molar-refractivity contribution in [1.82, 2.24) is 9.80 Å². The zero-order valence-electron chi connectivity index (χ0n) is 20.3. The quantitative estimate of drug-likeness (QED) is 0.501. The number of benzene rings is 3. The van der Waals surface area contributed by atoms with Gasteiger partial charge in [-0.3, -0.25) is 9.59 Å². The number of carboxylic acids is 1. The van der Waals surface area contributed by atoms with Crippen molar-refractivity contribution in [2.75, 3.05) is 13.1 Å². The standard InChI is InChI=1S/C30H28N2O5/c33-25-19-30(15-17-31(18-16-30)27(34)24-9-5-2-6-10-24)32(28(35)26(25)29(36)37)20-21-11-13-23(14-12-21)22-7-3-1-4-8-22/h1-14,33H,15-20H2,(H,36,37). The highest BCUT2D eigenvalue weighted by Gasteiger charge is 2.49. The molecule has 3 aromatic carbocycles. The molecule has 2 amide bonds. The lowest BCUT2D eigenvalue weighted by Crippen LogP contribution is -2.60. The van der Waals surface area contributed by atoms with E-state index >= 15 is 0 Å². The Balaban J connectivity index is 1.40. The highest BCUT2D eigenvalue weighted by Crippen LogP contribution is 2.41. The fraction of sp³-hybridized carbons (Fsp3) is 0.233. The van der Waals surface area contributed by atoms with Crippen LogP contribution in [0, 0.1) is 0 Å². The third-order valence-electron chi connectivity index (χ3n) is 7.43. The number of aliphatic hydroxyl groups excluding tert-OH is 1. The largest absolute Gasteiger partial charge is 0.511 e. The summed E-state index contributed by atoms with van der Waals surface area (Å²) in [5.41, 5.74) is 2.24. The molecule has 0 aliphatic carbocycles. The van der Waals surface area contributed by atoms with Crippen LogP contribution in [0.4, 0.5) is 0 Å². The summed E-state index contributed by atoms with van der Waals surface area (Å²) in [5, 5.41) is 20.2. The van der Waals surface area contributed by atoms with Gasteiger partial charge in [-0.15, -0.1) is 0 Å². The molecule has 1 fully saturated rings. The highest BCUT2D eigenvalue weighted by atomic mass is 16.4. The maximum Gasteiger partial charge on any atom is 0.344 e. The van der Waals surface area contributed by atoms with Crippen LogP contribution in [0.5, 0.6) is 0 Å². The third-order valence-corrected chi connectivity index (χ3v) is 7.43. The van der Waals surface area contributed by atoms with Crippen LogP contribution in [0.15, 0.2) is 96.3 Å². The number of amides is 2. The van der Waals surface area contributed by atoms with E-state index < -0.39 is 28.7 Å². The lowest BCUT2D eigenvalue weighted by Gasteiger charge is -2.51. The molecule has 3 aromatic rings. The Bertz CT molecular complexity index is 1340. The number of carbonyl (C=O) groups excluding carboxylic acids is 2. The van der Waals surface area contributed by atoms with Crippen LogP contribution >= 0.6 is 0 Å². The summed E-state index contributed by atoms with van der Waals surface area (Å²) in [6, 6.07) is 26.8. The van der Waals surface area contributed by atoms with Gasteiger partial charge in [-0.05, 0) is 41.7 Å². The van der Waals surface area contributed by atoms with Crippen LogP contribution < -0.4 is 0 Å². The van der Waals surface area contributed by atoms with Gasteiger partial charge in [-0.2, -0.15) is 0 Å². The zero-order chi connectivity index (χ0) is 26.0. The van der Waals surface area contributed by atoms with Gasteiger partial charge in [0, 0.05) is 31.6 Å². The first kappa shape index (κ1) is 24.3. The molecule has 0 bridgehead atoms. The highest BCUT2D eigenvalue weighted by molar-refractivity contribution is 6.16. The Morgan fingerprint density at radius 2 is 1.38 bits per heavy atom. The van der Waals surface area contributed by atoms with E-state index in [2.05, 4.69) is 0 Å². The number of carboxylic acid groups (broad SMARTS) is 1. The number of carbonyl (C=O) groups is 3. The lowest BCUT2D eigenvalue weighted by atomic mass is 9.77. The molecule has 0 atom stereocenters. The Morgan fingerprint density at radius 1 is 0.811 bits per heavy atom. The fourth-order valence-electron chi connectivity index (χ4n) is 5.38. The smallest absolute Gasteiger partial charge is 0.344 e. The molecule has 1 spiro atoms. The van der Waals surface area contributed by atoms with Crippen molar-refractivity contribution < 1.29 is 24.6 Å². The molecule has 2 N–H and O–H groups in total. The Labute approximate surface area is 215 Å². The van der Waals surface area contributed by atoms with Crippen LogP contribution in [0.3, 0.4) is 0 Å². The summed E-state index contributed by atoms with van der Waals surface area (Å²) in [4.78, 5) is 41.6. The second-order valence-electron chi connectivity index (χ2n) is 9.64. The van der Waals surface area contributed by atoms with Gasteiger partial charge in [0.2, 0.25) is 0 Å². The maximum absolute atomic E-state index is 13.4. The SMILES string of the molecule is O=C(O)C1=C(O)CC2(CCN(C(=O)c3ccccc3)CC2)N(Cc2ccc(-c3ccccc3)cc2)C1=O. The number of piperidine rings is 1. The number of hydrogen-bond acceptors (Lipinski definition) is 4. The average molecular weight is 497 g/mol. The molecule has 2 aliphatic heterocycles. The van der Waals surface area contributed by atoms with E-state index in [1.807, 2.05) is 72.8 Å². The first-order valence-corrected chi connectivity index (χ1v) is 12.3. The van der Waals surface area contributed by atoms with Gasteiger partial charge < -0.3 is 20.0 Å². The molecule has 2 aliphatic rings. The number of likely N-dealkylation sites (tertiary alicyclic amines) is 1. The first-order chi connectivity index (χ1) is 17.9. The molecule has 37 heavy (non-hydrogen) atoms. The van der Waals surface area contributed by atoms with E-state index in [9.17, 15) is 24.6 Å². The van der Waals surface area contributed by atoms with E-state index in [0.29, 0.717) is 31.5 Å². The molecular weight excluding hydrogens is 468 g/mol. The first-order valence-electron chi connectivity index (χ1n) is 12.3. The van der Waals surface area contributed by atoms with Gasteiger partial charge in [0.1, 0.15) is 5.76 Å². The van der Waals surface area contributed by atoms with E-state index in [1.54, 1.807) is 21.9 Å². The molecule has 5 rings (SSSR count). The van der Waals surface area contributed by atoms with Crippen molar-refractivity contribution in [2.45, 2.75) is 31.3 Å². The molecule has 0 saturated carbocycles. The van der Waals surface area contributed by atoms with Gasteiger partial charge in [-0.25, -0.2) is 4.79 Å². The number of hydrogen-bond donors (Lipinski definition) is 2. The Hall–Kier alpha value is -4.39. The Kier molecular flexibility index (Phi) is 6.53. The van der Waals surface area contributed by atoms with Crippen LogP contribution in [0.1, 0.15) is 35.2 Å². The van der Waals surface area contributed by atoms with Crippen molar-refractivity contribution in [2.24, 2.45) is 0 Å². The fourth-order valence-corrected chi connectivity index (χ4v) is 5.38. The predicted octanol–water partition coefficient (Wildman–Crippen LogP) is 4.66. The van der Waals surface area contributed by atoms with Gasteiger partial charge in [0.25, 0.3) is 11.8 Å². The minimum Gasteiger partial charge on any atom is -0.511 e. The van der Waals surface area contributed by atoms with Crippen molar-refractivity contribution in [3.8, 4) is 11.1 Å². The number of rotatable bonds is 5. The summed E-state index contributed by atoms with van der Waals surface area (Å²) in [7, 11) is 0. The van der Waals surface area contributed by atoms with E-state index in [4.69, 9.17) is 0 Å². The van der Waals surface area contributed by atoms with Crippen LogP contribution in [-0.4, -0.2) is 56.4 Å². The molecule has 7 nitrogen and oxygen atoms in total. The normalized spacial score (nSPS) is 17.2. The van der Waals surface area contributed by atoms with Gasteiger partial charge in [-0.1, -0.05) is 72.8 Å². The number of aliphatic hydroxyl groups is 1. The molecule has 7 heteroatoms. The number of nitrogens with zero attached hydrogens (tertiary/aromatic N) is 2. The Morgan fingerprint density at radius 3 is 1.97 bits per heavy atom. The maximum atomic E-state index is 13.4. The summed E-state index contributed by atoms with van der Waals surface area (Å²) >= 11 is 0. The lowest BCUT2D eigenvalue weighted by molar-refractivity contribution is -0.145. The molecule has 188 valence electrons. The topological polar surface area (TPSA) is 98.2 Å². The van der Waals surface area contributed by atoms with Crippen molar-refractivity contribution in [3.63, 3.8) is 0 Å². The van der Waals surface area contributed by atoms with Gasteiger partial charge in [0.15, 0.2) is 5.57 Å². The summed E-state index contributed by atoms with van der Waals surface area (Å²) in [6.45, 7) is 1.02. The average Bonchev–Trinajstić information content (AvgIpc) is 2.92. The second kappa shape index (κ2) is 9.93. The summed E-state index contributed by atoms with van der Waals surface area (Å²) in [6.07, 6.45) is 0.933. The van der Waals surface area contributed by atoms with Crippen LogP contribution in [-0.2, 0) is 16.1 Å². The minimum atomic E-state index is -1.43. The number of aliphatic carboxylic acids is 1.